The minimum atomic E-state index is -3.21. The first-order chi connectivity index (χ1) is 8.49. The summed E-state index contributed by atoms with van der Waals surface area (Å²) in [6, 6.07) is 0. The van der Waals surface area contributed by atoms with Crippen LogP contribution in [0.1, 0.15) is 42.6 Å². The highest BCUT2D eigenvalue weighted by atomic mass is 32.2. The lowest BCUT2D eigenvalue weighted by atomic mass is 10.2. The second-order valence-electron chi connectivity index (χ2n) is 4.29. The van der Waals surface area contributed by atoms with Crippen molar-refractivity contribution in [2.45, 2.75) is 37.4 Å². The van der Waals surface area contributed by atoms with Gasteiger partial charge >= 0.3 is 5.97 Å². The topological polar surface area (TPSA) is 110 Å². The molecule has 2 heterocycles. The summed E-state index contributed by atoms with van der Waals surface area (Å²) in [6.45, 7) is 0. The van der Waals surface area contributed by atoms with E-state index in [-0.39, 0.29) is 30.3 Å². The van der Waals surface area contributed by atoms with Crippen molar-refractivity contribution in [3.63, 3.8) is 0 Å². The minimum absolute atomic E-state index is 0.0927. The molecule has 1 aliphatic heterocycles. The van der Waals surface area contributed by atoms with Gasteiger partial charge in [0.25, 0.3) is 0 Å². The van der Waals surface area contributed by atoms with Crippen molar-refractivity contribution < 1.29 is 22.8 Å². The van der Waals surface area contributed by atoms with E-state index in [1.165, 1.54) is 0 Å². The first-order valence-electron chi connectivity index (χ1n) is 5.75. The molecule has 1 atom stereocenters. The molecular formula is C10H14N2O5S. The molecular weight excluding hydrogens is 260 g/mol. The smallest absolute Gasteiger partial charge is 0.303 e. The molecule has 0 saturated carbocycles. The summed E-state index contributed by atoms with van der Waals surface area (Å²) in [4.78, 5) is 14.4. The quantitative estimate of drug-likeness (QED) is 0.861. The number of hydrogen-bond acceptors (Lipinski definition) is 6. The molecule has 1 unspecified atom stereocenters. The molecule has 1 N–H and O–H groups in total. The molecule has 1 fully saturated rings. The number of aryl methyl sites for hydroxylation is 1. The number of nitrogens with zero attached hydrogens (tertiary/aromatic N) is 2. The average molecular weight is 274 g/mol. The van der Waals surface area contributed by atoms with Crippen LogP contribution in [-0.4, -0.2) is 35.4 Å². The van der Waals surface area contributed by atoms with E-state index >= 15 is 0 Å². The third-order valence-electron chi connectivity index (χ3n) is 2.90. The van der Waals surface area contributed by atoms with Crippen molar-refractivity contribution in [2.24, 2.45) is 0 Å². The Kier molecular flexibility index (Phi) is 3.65. The standard InChI is InChI=1S/C10H14N2O5S/c13-9(14)5-4-8-11-10(17-12-8)7-3-1-2-6-18(7,15)16/h7H,1-6H2,(H,13,14). The van der Waals surface area contributed by atoms with E-state index in [0.717, 1.165) is 6.42 Å². The van der Waals surface area contributed by atoms with Crippen molar-refractivity contribution in [1.82, 2.24) is 10.1 Å². The van der Waals surface area contributed by atoms with Crippen LogP contribution in [0.5, 0.6) is 0 Å². The van der Waals surface area contributed by atoms with Crippen LogP contribution in [0.4, 0.5) is 0 Å². The van der Waals surface area contributed by atoms with E-state index in [9.17, 15) is 13.2 Å². The second-order valence-corrected chi connectivity index (χ2v) is 6.60. The molecule has 2 rings (SSSR count). The van der Waals surface area contributed by atoms with Crippen molar-refractivity contribution in [2.75, 3.05) is 5.75 Å². The van der Waals surface area contributed by atoms with E-state index in [1.807, 2.05) is 0 Å². The van der Waals surface area contributed by atoms with Gasteiger partial charge in [0.1, 0.15) is 5.25 Å². The number of carbonyl (C=O) groups is 1. The summed E-state index contributed by atoms with van der Waals surface area (Å²) in [6.07, 6.45) is 2.01. The monoisotopic (exact) mass is 274 g/mol. The summed E-state index contributed by atoms with van der Waals surface area (Å²) < 4.78 is 28.6. The molecule has 0 radical (unpaired) electrons. The summed E-state index contributed by atoms with van der Waals surface area (Å²) in [7, 11) is -3.21. The van der Waals surface area contributed by atoms with E-state index < -0.39 is 21.1 Å². The Morgan fingerprint density at radius 2 is 2.22 bits per heavy atom. The minimum Gasteiger partial charge on any atom is -0.481 e. The lowest BCUT2D eigenvalue weighted by Crippen LogP contribution is -2.21. The number of aromatic nitrogens is 2. The van der Waals surface area contributed by atoms with Crippen LogP contribution in [0, 0.1) is 0 Å². The third-order valence-corrected chi connectivity index (χ3v) is 5.06. The maximum Gasteiger partial charge on any atom is 0.303 e. The highest BCUT2D eigenvalue weighted by Gasteiger charge is 2.34. The van der Waals surface area contributed by atoms with Gasteiger partial charge < -0.3 is 9.63 Å². The van der Waals surface area contributed by atoms with Crippen LogP contribution in [0.3, 0.4) is 0 Å². The zero-order chi connectivity index (χ0) is 13.2. The highest BCUT2D eigenvalue weighted by Crippen LogP contribution is 2.32. The molecule has 1 aliphatic rings. The Labute approximate surface area is 104 Å². The van der Waals surface area contributed by atoms with Gasteiger partial charge in [-0.3, -0.25) is 4.79 Å². The molecule has 18 heavy (non-hydrogen) atoms. The van der Waals surface area contributed by atoms with Crippen LogP contribution in [0.25, 0.3) is 0 Å². The first-order valence-corrected chi connectivity index (χ1v) is 7.46. The average Bonchev–Trinajstić information content (AvgIpc) is 2.74. The number of carboxylic acid groups (broad SMARTS) is 1. The fraction of sp³-hybridized carbons (Fsp3) is 0.700. The van der Waals surface area contributed by atoms with Gasteiger partial charge in [0.15, 0.2) is 15.7 Å². The van der Waals surface area contributed by atoms with Crippen molar-refractivity contribution >= 4 is 15.8 Å². The highest BCUT2D eigenvalue weighted by molar-refractivity contribution is 7.91. The number of rotatable bonds is 4. The predicted molar refractivity (Wildman–Crippen MR) is 60.6 cm³/mol. The van der Waals surface area contributed by atoms with E-state index in [2.05, 4.69) is 10.1 Å². The normalized spacial score (nSPS) is 22.8. The summed E-state index contributed by atoms with van der Waals surface area (Å²) in [5.74, 6) is -0.472. The molecule has 0 amide bonds. The first kappa shape index (κ1) is 13.0. The number of hydrogen-bond donors (Lipinski definition) is 1. The molecule has 8 heteroatoms. The van der Waals surface area contributed by atoms with Gasteiger partial charge in [-0.1, -0.05) is 11.6 Å². The van der Waals surface area contributed by atoms with Gasteiger partial charge in [0.05, 0.1) is 12.2 Å². The lowest BCUT2D eigenvalue weighted by molar-refractivity contribution is -0.137. The van der Waals surface area contributed by atoms with Crippen molar-refractivity contribution in [3.05, 3.63) is 11.7 Å². The molecule has 1 aromatic rings. The molecule has 0 bridgehead atoms. The van der Waals surface area contributed by atoms with Gasteiger partial charge in [-0.25, -0.2) is 8.42 Å². The van der Waals surface area contributed by atoms with Crippen LogP contribution < -0.4 is 0 Å². The van der Waals surface area contributed by atoms with E-state index in [0.29, 0.717) is 12.8 Å². The van der Waals surface area contributed by atoms with E-state index in [1.54, 1.807) is 0 Å². The van der Waals surface area contributed by atoms with Crippen LogP contribution in [0.15, 0.2) is 4.52 Å². The molecule has 100 valence electrons. The molecule has 1 saturated heterocycles. The zero-order valence-electron chi connectivity index (χ0n) is 9.70. The largest absolute Gasteiger partial charge is 0.481 e. The summed E-state index contributed by atoms with van der Waals surface area (Å²) >= 11 is 0. The van der Waals surface area contributed by atoms with Crippen LogP contribution in [-0.2, 0) is 21.1 Å². The van der Waals surface area contributed by atoms with Gasteiger partial charge in [-0.05, 0) is 12.8 Å². The maximum absolute atomic E-state index is 11.8. The second kappa shape index (κ2) is 5.05. The maximum atomic E-state index is 11.8. The fourth-order valence-corrected chi connectivity index (χ4v) is 3.77. The SMILES string of the molecule is O=C(O)CCc1noc(C2CCCCS2(=O)=O)n1. The summed E-state index contributed by atoms with van der Waals surface area (Å²) in [5.41, 5.74) is 0. The van der Waals surface area contributed by atoms with Gasteiger partial charge in [-0.2, -0.15) is 4.98 Å². The third kappa shape index (κ3) is 2.87. The predicted octanol–water partition coefficient (Wildman–Crippen LogP) is 0.727. The molecule has 0 aromatic carbocycles. The van der Waals surface area contributed by atoms with Crippen molar-refractivity contribution in [1.29, 1.82) is 0 Å². The number of carboxylic acids is 1. The Morgan fingerprint density at radius 3 is 2.89 bits per heavy atom. The Balaban J connectivity index is 2.11. The number of aliphatic carboxylic acids is 1. The Hall–Kier alpha value is -1.44. The molecule has 0 spiro atoms. The van der Waals surface area contributed by atoms with Gasteiger partial charge in [-0.15, -0.1) is 0 Å². The fourth-order valence-electron chi connectivity index (χ4n) is 1.95. The molecule has 1 aromatic heterocycles. The van der Waals surface area contributed by atoms with Crippen LogP contribution in [0.2, 0.25) is 0 Å². The molecule has 7 nitrogen and oxygen atoms in total. The van der Waals surface area contributed by atoms with Crippen LogP contribution >= 0.6 is 0 Å². The Bertz CT molecular complexity index is 536. The number of sulfone groups is 1. The van der Waals surface area contributed by atoms with Gasteiger partial charge in [0, 0.05) is 6.42 Å². The Morgan fingerprint density at radius 1 is 1.44 bits per heavy atom. The van der Waals surface area contributed by atoms with Crippen molar-refractivity contribution in [3.8, 4) is 0 Å². The lowest BCUT2D eigenvalue weighted by Gasteiger charge is -2.18. The summed E-state index contributed by atoms with van der Waals surface area (Å²) in [5, 5.41) is 11.4. The van der Waals surface area contributed by atoms with E-state index in [4.69, 9.17) is 9.63 Å². The zero-order valence-corrected chi connectivity index (χ0v) is 10.5. The van der Waals surface area contributed by atoms with Gasteiger partial charge in [0.2, 0.25) is 5.89 Å². The molecule has 0 aliphatic carbocycles.